The molecule has 0 unspecified atom stereocenters. The maximum atomic E-state index is 12.7. The minimum Gasteiger partial charge on any atom is -0.495 e. The fourth-order valence-electron chi connectivity index (χ4n) is 3.33. The van der Waals surface area contributed by atoms with Gasteiger partial charge in [-0.25, -0.2) is 4.99 Å². The number of hydrogen-bond acceptors (Lipinski definition) is 5. The molecular weight excluding hydrogens is 442 g/mol. The van der Waals surface area contributed by atoms with Crippen LogP contribution in [-0.4, -0.2) is 29.5 Å². The Kier molecular flexibility index (Phi) is 6.93. The standard InChI is InChI=1S/C25H22ClN3O2S/c1-16-10-11-23(31-2)22(12-16)28-24(30)15-32-25-14-21(17-6-5-7-18(26)13-17)27-19-8-3-4-9-20(19)29-25/h3-13H,14-15H2,1-2H3,(H,28,30). The topological polar surface area (TPSA) is 63.0 Å². The fraction of sp³-hybridized carbons (Fsp3) is 0.160. The van der Waals surface area contributed by atoms with Crippen LogP contribution in [0.1, 0.15) is 17.5 Å². The Morgan fingerprint density at radius 3 is 2.59 bits per heavy atom. The van der Waals surface area contributed by atoms with Crippen LogP contribution < -0.4 is 10.1 Å². The van der Waals surface area contributed by atoms with E-state index in [0.29, 0.717) is 22.9 Å². The number of aliphatic imine (C=N–C) groups is 2. The van der Waals surface area contributed by atoms with Crippen molar-refractivity contribution in [3.63, 3.8) is 0 Å². The Bertz CT molecular complexity index is 1220. The van der Waals surface area contributed by atoms with Gasteiger partial charge in [-0.05, 0) is 54.4 Å². The zero-order valence-electron chi connectivity index (χ0n) is 17.8. The minimum absolute atomic E-state index is 0.125. The van der Waals surface area contributed by atoms with Gasteiger partial charge >= 0.3 is 0 Å². The van der Waals surface area contributed by atoms with Gasteiger partial charge in [-0.15, -0.1) is 11.8 Å². The number of benzene rings is 3. The number of thioether (sulfide) groups is 1. The summed E-state index contributed by atoms with van der Waals surface area (Å²) in [6, 6.07) is 21.0. The Morgan fingerprint density at radius 1 is 1.06 bits per heavy atom. The molecule has 0 bridgehead atoms. The third kappa shape index (κ3) is 5.39. The average molecular weight is 464 g/mol. The van der Waals surface area contributed by atoms with Gasteiger partial charge in [0.1, 0.15) is 5.75 Å². The van der Waals surface area contributed by atoms with Crippen molar-refractivity contribution in [2.75, 3.05) is 18.2 Å². The van der Waals surface area contributed by atoms with E-state index < -0.39 is 0 Å². The number of ether oxygens (including phenoxy) is 1. The number of amides is 1. The van der Waals surface area contributed by atoms with Gasteiger partial charge in [-0.3, -0.25) is 9.79 Å². The second-order valence-electron chi connectivity index (χ2n) is 7.28. The maximum absolute atomic E-state index is 12.7. The zero-order chi connectivity index (χ0) is 22.5. The summed E-state index contributed by atoms with van der Waals surface area (Å²) in [6.45, 7) is 1.97. The van der Waals surface area contributed by atoms with E-state index in [0.717, 1.165) is 33.3 Å². The summed E-state index contributed by atoms with van der Waals surface area (Å²) in [5.74, 6) is 0.728. The second-order valence-corrected chi connectivity index (χ2v) is 8.77. The Labute approximate surface area is 196 Å². The highest BCUT2D eigenvalue weighted by atomic mass is 35.5. The van der Waals surface area contributed by atoms with E-state index in [1.54, 1.807) is 7.11 Å². The number of para-hydroxylation sites is 2. The molecule has 0 radical (unpaired) electrons. The van der Waals surface area contributed by atoms with Gasteiger partial charge in [0.05, 0.1) is 40.7 Å². The van der Waals surface area contributed by atoms with Gasteiger partial charge in [-0.1, -0.05) is 41.9 Å². The molecule has 1 amide bonds. The van der Waals surface area contributed by atoms with Crippen molar-refractivity contribution < 1.29 is 9.53 Å². The number of carbonyl (C=O) groups excluding carboxylic acids is 1. The van der Waals surface area contributed by atoms with Gasteiger partial charge in [0.2, 0.25) is 5.91 Å². The van der Waals surface area contributed by atoms with Gasteiger partial charge in [0.25, 0.3) is 0 Å². The first-order valence-corrected chi connectivity index (χ1v) is 11.5. The molecular formula is C25H22ClN3O2S. The first-order valence-electron chi connectivity index (χ1n) is 10.1. The lowest BCUT2D eigenvalue weighted by Crippen LogP contribution is -2.17. The number of hydrogen-bond donors (Lipinski definition) is 1. The molecule has 0 aromatic heterocycles. The molecule has 0 spiro atoms. The molecule has 162 valence electrons. The second kappa shape index (κ2) is 10.0. The molecule has 5 nitrogen and oxygen atoms in total. The molecule has 0 saturated heterocycles. The lowest BCUT2D eigenvalue weighted by atomic mass is 10.1. The molecule has 3 aromatic carbocycles. The molecule has 0 aliphatic carbocycles. The summed E-state index contributed by atoms with van der Waals surface area (Å²) in [5.41, 5.74) is 5.09. The molecule has 1 heterocycles. The predicted octanol–water partition coefficient (Wildman–Crippen LogP) is 6.58. The minimum atomic E-state index is -0.125. The van der Waals surface area contributed by atoms with Crippen LogP contribution in [0.25, 0.3) is 0 Å². The molecule has 7 heteroatoms. The molecule has 0 saturated carbocycles. The summed E-state index contributed by atoms with van der Waals surface area (Å²) in [7, 11) is 1.59. The molecule has 0 fully saturated rings. The van der Waals surface area contributed by atoms with Crippen LogP contribution in [-0.2, 0) is 4.79 Å². The van der Waals surface area contributed by atoms with Crippen molar-refractivity contribution in [3.05, 3.63) is 82.9 Å². The first-order chi connectivity index (χ1) is 15.5. The third-order valence-corrected chi connectivity index (χ3v) is 6.07. The number of anilines is 1. The van der Waals surface area contributed by atoms with E-state index in [1.165, 1.54) is 11.8 Å². The Balaban J connectivity index is 1.53. The third-order valence-electron chi connectivity index (χ3n) is 4.86. The van der Waals surface area contributed by atoms with Crippen LogP contribution in [0.5, 0.6) is 5.75 Å². The molecule has 4 rings (SSSR count). The fourth-order valence-corrected chi connectivity index (χ4v) is 4.29. The first kappa shape index (κ1) is 22.1. The van der Waals surface area contributed by atoms with Gasteiger partial charge in [-0.2, -0.15) is 0 Å². The number of fused-ring (bicyclic) bond motifs is 1. The maximum Gasteiger partial charge on any atom is 0.234 e. The van der Waals surface area contributed by atoms with Gasteiger partial charge in [0.15, 0.2) is 0 Å². The molecule has 1 N–H and O–H groups in total. The number of methoxy groups -OCH3 is 1. The summed E-state index contributed by atoms with van der Waals surface area (Å²) in [6.07, 6.45) is 0.515. The van der Waals surface area contributed by atoms with Gasteiger partial charge in [0, 0.05) is 11.4 Å². The van der Waals surface area contributed by atoms with Crippen LogP contribution in [0, 0.1) is 6.92 Å². The highest BCUT2D eigenvalue weighted by Crippen LogP contribution is 2.34. The summed E-state index contributed by atoms with van der Waals surface area (Å²) < 4.78 is 5.35. The monoisotopic (exact) mass is 463 g/mol. The molecule has 1 aliphatic rings. The lowest BCUT2D eigenvalue weighted by molar-refractivity contribution is -0.113. The van der Waals surface area contributed by atoms with E-state index >= 15 is 0 Å². The number of nitrogens with one attached hydrogen (secondary N) is 1. The summed E-state index contributed by atoms with van der Waals surface area (Å²) in [4.78, 5) is 22.3. The molecule has 32 heavy (non-hydrogen) atoms. The zero-order valence-corrected chi connectivity index (χ0v) is 19.3. The van der Waals surface area contributed by atoms with Crippen LogP contribution in [0.3, 0.4) is 0 Å². The van der Waals surface area contributed by atoms with Crippen LogP contribution in [0.4, 0.5) is 17.1 Å². The predicted molar refractivity (Wildman–Crippen MR) is 135 cm³/mol. The van der Waals surface area contributed by atoms with Gasteiger partial charge < -0.3 is 10.1 Å². The Hall–Kier alpha value is -3.09. The largest absolute Gasteiger partial charge is 0.495 e. The summed E-state index contributed by atoms with van der Waals surface area (Å²) >= 11 is 7.61. The number of aryl methyl sites for hydroxylation is 1. The van der Waals surface area contributed by atoms with Crippen LogP contribution in [0.2, 0.25) is 5.02 Å². The number of halogens is 1. The smallest absolute Gasteiger partial charge is 0.234 e. The van der Waals surface area contributed by atoms with E-state index in [4.69, 9.17) is 26.3 Å². The van der Waals surface area contributed by atoms with Crippen molar-refractivity contribution in [1.29, 1.82) is 0 Å². The molecule has 0 atom stereocenters. The van der Waals surface area contributed by atoms with Crippen molar-refractivity contribution in [2.45, 2.75) is 13.3 Å². The van der Waals surface area contributed by atoms with E-state index in [9.17, 15) is 4.79 Å². The van der Waals surface area contributed by atoms with Crippen molar-refractivity contribution in [3.8, 4) is 5.75 Å². The van der Waals surface area contributed by atoms with Crippen molar-refractivity contribution >= 4 is 57.1 Å². The van der Waals surface area contributed by atoms with E-state index in [-0.39, 0.29) is 11.7 Å². The highest BCUT2D eigenvalue weighted by molar-refractivity contribution is 8.14. The normalized spacial score (nSPS) is 12.8. The van der Waals surface area contributed by atoms with E-state index in [2.05, 4.69) is 5.32 Å². The highest BCUT2D eigenvalue weighted by Gasteiger charge is 2.17. The van der Waals surface area contributed by atoms with Crippen molar-refractivity contribution in [2.24, 2.45) is 9.98 Å². The van der Waals surface area contributed by atoms with Crippen LogP contribution >= 0.6 is 23.4 Å². The molecule has 1 aliphatic heterocycles. The quantitative estimate of drug-likeness (QED) is 0.464. The van der Waals surface area contributed by atoms with E-state index in [1.807, 2.05) is 73.7 Å². The lowest BCUT2D eigenvalue weighted by Gasteiger charge is -2.11. The number of nitrogens with zero attached hydrogens (tertiary/aromatic N) is 2. The van der Waals surface area contributed by atoms with Crippen LogP contribution in [0.15, 0.2) is 76.7 Å². The average Bonchev–Trinajstić information content (AvgIpc) is 2.97. The van der Waals surface area contributed by atoms with Crippen molar-refractivity contribution in [1.82, 2.24) is 0 Å². The summed E-state index contributed by atoms with van der Waals surface area (Å²) in [5, 5.41) is 4.41. The Morgan fingerprint density at radius 2 is 1.84 bits per heavy atom. The number of rotatable bonds is 5. The number of carbonyl (C=O) groups is 1. The SMILES string of the molecule is COc1ccc(C)cc1NC(=O)CSC1=Nc2ccccc2N=C(c2cccc(Cl)c2)C1. The molecule has 3 aromatic rings.